The summed E-state index contributed by atoms with van der Waals surface area (Å²) in [5.74, 6) is 0. The van der Waals surface area contributed by atoms with Crippen molar-refractivity contribution >= 4 is 52.0 Å². The van der Waals surface area contributed by atoms with Crippen molar-refractivity contribution in [2.75, 3.05) is 33.0 Å². The van der Waals surface area contributed by atoms with Crippen LogP contribution in [0.1, 0.15) is 356 Å². The zero-order chi connectivity index (χ0) is 64.9. The van der Waals surface area contributed by atoms with Crippen LogP contribution < -0.4 is 88.7 Å². The normalized spacial score (nSPS) is 11.5. The first-order valence-electron chi connectivity index (χ1n) is 33.3. The smallest absolute Gasteiger partial charge is 0.726 e. The molecule has 0 bridgehead atoms. The van der Waals surface area contributed by atoms with E-state index in [4.69, 9.17) is 9.11 Å². The summed E-state index contributed by atoms with van der Waals surface area (Å²) in [6.07, 6.45) is 58.8. The van der Waals surface area contributed by atoms with Crippen molar-refractivity contribution < 1.29 is 174 Å². The van der Waals surface area contributed by atoms with Crippen molar-refractivity contribution in [3.63, 3.8) is 0 Å². The Balaban J connectivity index is -0.000000150. The van der Waals surface area contributed by atoms with Crippen LogP contribution in [-0.4, -0.2) is 97.9 Å². The molecule has 2 N–H and O–H groups in total. The largest absolute Gasteiger partial charge is 1.00 e. The molecular formula is C60H127Na3O20S5. The van der Waals surface area contributed by atoms with Crippen molar-refractivity contribution in [1.29, 1.82) is 0 Å². The van der Waals surface area contributed by atoms with Crippen molar-refractivity contribution in [3.05, 3.63) is 0 Å². The molecule has 0 saturated carbocycles. The van der Waals surface area contributed by atoms with E-state index in [1.165, 1.54) is 225 Å². The van der Waals surface area contributed by atoms with Crippen LogP contribution >= 0.6 is 0 Å². The van der Waals surface area contributed by atoms with Gasteiger partial charge >= 0.3 is 109 Å². The average molecular weight is 1400 g/mol. The molecule has 0 aromatic carbocycles. The Morgan fingerprint density at radius 2 is 0.307 bits per heavy atom. The first-order chi connectivity index (χ1) is 40.3. The quantitative estimate of drug-likeness (QED) is 0.0249. The van der Waals surface area contributed by atoms with Crippen LogP contribution in [0.3, 0.4) is 0 Å². The molecule has 0 rings (SSSR count). The molecule has 88 heavy (non-hydrogen) atoms. The van der Waals surface area contributed by atoms with E-state index in [0.717, 1.165) is 64.2 Å². The summed E-state index contributed by atoms with van der Waals surface area (Å²) in [5.41, 5.74) is 0. The van der Waals surface area contributed by atoms with Crippen molar-refractivity contribution in [1.82, 2.24) is 0 Å². The molecule has 0 heterocycles. The molecule has 0 atom stereocenters. The van der Waals surface area contributed by atoms with Gasteiger partial charge in [0.15, 0.2) is 0 Å². The Hall–Kier alpha value is 2.35. The van der Waals surface area contributed by atoms with Crippen LogP contribution in [0.2, 0.25) is 0 Å². The fraction of sp³-hybridized carbons (Fsp3) is 1.00. The second-order valence-corrected chi connectivity index (χ2v) is 27.4. The van der Waals surface area contributed by atoms with E-state index < -0.39 is 52.0 Å². The Bertz CT molecular complexity index is 1580. The van der Waals surface area contributed by atoms with E-state index in [9.17, 15) is 55.7 Å². The van der Waals surface area contributed by atoms with Gasteiger partial charge in [-0.2, -0.15) is 16.8 Å². The van der Waals surface area contributed by atoms with Gasteiger partial charge in [0, 0.05) is 0 Å². The molecule has 0 fully saturated rings. The Labute approximate surface area is 608 Å². The van der Waals surface area contributed by atoms with Gasteiger partial charge in [0.25, 0.3) is 0 Å². The van der Waals surface area contributed by atoms with Crippen molar-refractivity contribution in [2.24, 2.45) is 0 Å². The molecule has 28 heteroatoms. The third-order valence-corrected chi connectivity index (χ3v) is 15.9. The molecule has 0 saturated heterocycles. The first kappa shape index (κ1) is 106. The van der Waals surface area contributed by atoms with E-state index >= 15 is 0 Å². The standard InChI is InChI=1S/5C12H26O4S.3Na/c5*1-2-3-4-5-6-7-8-9-10-11-12-16-17(13,14)15;;;/h5*2-12H2,1H3,(H,13,14,15);;;/q;;;;;3*+1/p-3. The van der Waals surface area contributed by atoms with E-state index in [1.807, 2.05) is 0 Å². The molecule has 0 unspecified atom stereocenters. The molecule has 0 radical (unpaired) electrons. The summed E-state index contributed by atoms with van der Waals surface area (Å²) in [6, 6.07) is 0. The number of hydrogen-bond donors (Lipinski definition) is 2. The SMILES string of the molecule is CCCCCCCCCCCCOS(=O)(=O)O.CCCCCCCCCCCCOS(=O)(=O)O.CCCCCCCCCCCCOS(=O)(=O)[O-].CCCCCCCCCCCCOS(=O)(=O)[O-].CCCCCCCCCCCCOS(=O)(=O)[O-].[Na+].[Na+].[Na+]. The fourth-order valence-corrected chi connectivity index (χ4v) is 10.4. The van der Waals surface area contributed by atoms with Crippen molar-refractivity contribution in [2.45, 2.75) is 356 Å². The number of hydrogen-bond acceptors (Lipinski definition) is 18. The molecule has 0 aromatic heterocycles. The minimum Gasteiger partial charge on any atom is -0.726 e. The summed E-state index contributed by atoms with van der Waals surface area (Å²) in [4.78, 5) is 0. The predicted molar refractivity (Wildman–Crippen MR) is 341 cm³/mol. The molecule has 0 aliphatic rings. The first-order valence-corrected chi connectivity index (χ1v) is 40.1. The van der Waals surface area contributed by atoms with E-state index in [1.54, 1.807) is 0 Å². The van der Waals surface area contributed by atoms with Crippen LogP contribution in [0.15, 0.2) is 0 Å². The van der Waals surface area contributed by atoms with Gasteiger partial charge in [-0.05, 0) is 32.1 Å². The van der Waals surface area contributed by atoms with Gasteiger partial charge in [-0.3, -0.25) is 21.7 Å². The molecule has 0 aromatic rings. The third kappa shape index (κ3) is 129. The Morgan fingerprint density at radius 1 is 0.205 bits per heavy atom. The zero-order valence-electron chi connectivity index (χ0n) is 57.2. The van der Waals surface area contributed by atoms with E-state index in [-0.39, 0.29) is 122 Å². The van der Waals surface area contributed by atoms with Crippen LogP contribution in [0.4, 0.5) is 0 Å². The van der Waals surface area contributed by atoms with Gasteiger partial charge in [-0.15, -0.1) is 0 Å². The van der Waals surface area contributed by atoms with Gasteiger partial charge < -0.3 is 13.7 Å². The molecule has 0 amide bonds. The van der Waals surface area contributed by atoms with Crippen LogP contribution in [0.5, 0.6) is 0 Å². The minimum absolute atomic E-state index is 0. The van der Waals surface area contributed by atoms with Crippen LogP contribution in [-0.2, 0) is 72.9 Å². The number of unbranched alkanes of at least 4 members (excludes halogenated alkanes) is 45. The van der Waals surface area contributed by atoms with Gasteiger partial charge in [-0.1, -0.05) is 324 Å². The molecule has 20 nitrogen and oxygen atoms in total. The second kappa shape index (κ2) is 81.8. The van der Waals surface area contributed by atoms with Gasteiger partial charge in [-0.25, -0.2) is 33.6 Å². The maximum Gasteiger partial charge on any atom is 1.00 e. The van der Waals surface area contributed by atoms with E-state index in [2.05, 4.69) is 55.5 Å². The van der Waals surface area contributed by atoms with Gasteiger partial charge in [0.05, 0.1) is 33.0 Å². The Morgan fingerprint density at radius 3 is 0.409 bits per heavy atom. The molecule has 0 aliphatic heterocycles. The average Bonchev–Trinajstić information content (AvgIpc) is 3.41. The molecule has 0 aliphatic carbocycles. The summed E-state index contributed by atoms with van der Waals surface area (Å²) in [5, 5.41) is 0. The maximum absolute atomic E-state index is 10.2. The van der Waals surface area contributed by atoms with Gasteiger partial charge in [0.1, 0.15) is 0 Å². The summed E-state index contributed by atoms with van der Waals surface area (Å²) in [6.45, 7) is 11.3. The van der Waals surface area contributed by atoms with E-state index in [0.29, 0.717) is 32.1 Å². The third-order valence-electron chi connectivity index (χ3n) is 13.6. The predicted octanol–water partition coefficient (Wildman–Crippen LogP) is 8.62. The topological polar surface area (TPSA) is 326 Å². The fourth-order valence-electron chi connectivity index (χ4n) is 8.76. The second-order valence-electron chi connectivity index (χ2n) is 22.1. The minimum atomic E-state index is -4.48. The summed E-state index contributed by atoms with van der Waals surface area (Å²) in [7, 11) is -21.9. The number of rotatable bonds is 60. The van der Waals surface area contributed by atoms with Crippen LogP contribution in [0.25, 0.3) is 0 Å². The van der Waals surface area contributed by atoms with Crippen LogP contribution in [0, 0.1) is 0 Å². The molecule has 520 valence electrons. The zero-order valence-corrected chi connectivity index (χ0v) is 67.3. The summed E-state index contributed by atoms with van der Waals surface area (Å²) < 4.78 is 169. The maximum atomic E-state index is 10.2. The Kier molecular flexibility index (Phi) is 98.8. The van der Waals surface area contributed by atoms with Crippen molar-refractivity contribution in [3.8, 4) is 0 Å². The molecule has 0 spiro atoms. The summed E-state index contributed by atoms with van der Waals surface area (Å²) >= 11 is 0. The molecular weight excluding hydrogens is 1270 g/mol. The monoisotopic (exact) mass is 1400 g/mol. The van der Waals surface area contributed by atoms with Gasteiger partial charge in [0.2, 0.25) is 31.2 Å².